The van der Waals surface area contributed by atoms with Crippen molar-refractivity contribution >= 4 is 11.6 Å². The molecule has 1 amide bonds. The number of carbonyl (C=O) groups excluding carboxylic acids is 1. The molecule has 0 saturated heterocycles. The van der Waals surface area contributed by atoms with Gasteiger partial charge in [-0.2, -0.15) is 0 Å². The van der Waals surface area contributed by atoms with Crippen LogP contribution in [0, 0.1) is 17.6 Å². The van der Waals surface area contributed by atoms with Crippen molar-refractivity contribution in [2.24, 2.45) is 5.92 Å². The third kappa shape index (κ3) is 3.71. The Morgan fingerprint density at radius 1 is 1.29 bits per heavy atom. The van der Waals surface area contributed by atoms with Crippen molar-refractivity contribution in [3.05, 3.63) is 29.3 Å². The second kappa shape index (κ2) is 6.87. The van der Waals surface area contributed by atoms with E-state index in [1.54, 1.807) is 0 Å². The second-order valence-corrected chi connectivity index (χ2v) is 5.68. The smallest absolute Gasteiger partial charge is 0.251 e. The number of hydrogen-bond donors (Lipinski definition) is 2. The predicted octanol–water partition coefficient (Wildman–Crippen LogP) is 3.71. The normalized spacial score (nSPS) is 21.9. The number of benzene rings is 1. The first-order valence-electron chi connectivity index (χ1n) is 7.52. The number of amides is 1. The van der Waals surface area contributed by atoms with Gasteiger partial charge in [-0.15, -0.1) is 0 Å². The zero-order chi connectivity index (χ0) is 15.4. The van der Waals surface area contributed by atoms with Crippen LogP contribution >= 0.6 is 0 Å². The molecule has 2 rings (SSSR count). The maximum absolute atomic E-state index is 13.7. The summed E-state index contributed by atoms with van der Waals surface area (Å²) in [5, 5.41) is 5.34. The quantitative estimate of drug-likeness (QED) is 0.889. The lowest BCUT2D eigenvalue weighted by Gasteiger charge is -2.29. The molecule has 1 aromatic rings. The van der Waals surface area contributed by atoms with Gasteiger partial charge in [0.15, 0.2) is 0 Å². The summed E-state index contributed by atoms with van der Waals surface area (Å²) in [5.41, 5.74) is -0.183. The third-order valence-electron chi connectivity index (χ3n) is 4.25. The fourth-order valence-electron chi connectivity index (χ4n) is 3.00. The third-order valence-corrected chi connectivity index (χ3v) is 4.25. The molecule has 116 valence electrons. The van der Waals surface area contributed by atoms with E-state index in [4.69, 9.17) is 0 Å². The van der Waals surface area contributed by atoms with Gasteiger partial charge < -0.3 is 10.6 Å². The molecule has 5 heteroatoms. The Bertz CT molecular complexity index is 496. The van der Waals surface area contributed by atoms with Crippen molar-refractivity contribution in [1.29, 1.82) is 0 Å². The van der Waals surface area contributed by atoms with Crippen molar-refractivity contribution < 1.29 is 13.6 Å². The fourth-order valence-corrected chi connectivity index (χ4v) is 3.00. The van der Waals surface area contributed by atoms with Crippen LogP contribution in [0.25, 0.3) is 0 Å². The monoisotopic (exact) mass is 296 g/mol. The van der Waals surface area contributed by atoms with Gasteiger partial charge in [0, 0.05) is 18.7 Å². The summed E-state index contributed by atoms with van der Waals surface area (Å²) in [6.07, 6.45) is 5.27. The molecule has 2 N–H and O–H groups in total. The number of rotatable bonds is 4. The molecule has 0 aromatic heterocycles. The van der Waals surface area contributed by atoms with Gasteiger partial charge in [0.25, 0.3) is 5.91 Å². The molecule has 3 nitrogen and oxygen atoms in total. The molecule has 21 heavy (non-hydrogen) atoms. The van der Waals surface area contributed by atoms with Gasteiger partial charge in [0.05, 0.1) is 0 Å². The van der Waals surface area contributed by atoms with E-state index in [0.29, 0.717) is 5.92 Å². The molecule has 1 saturated carbocycles. The first-order valence-corrected chi connectivity index (χ1v) is 7.52. The Morgan fingerprint density at radius 3 is 2.52 bits per heavy atom. The molecule has 2 atom stereocenters. The zero-order valence-electron chi connectivity index (χ0n) is 12.5. The first kappa shape index (κ1) is 15.7. The minimum absolute atomic E-state index is 0.0302. The lowest BCUT2D eigenvalue weighted by molar-refractivity contribution is 0.0918. The van der Waals surface area contributed by atoms with Gasteiger partial charge in [0.2, 0.25) is 0 Å². The summed E-state index contributed by atoms with van der Waals surface area (Å²) in [6, 6.07) is 2.25. The van der Waals surface area contributed by atoms with Gasteiger partial charge in [-0.3, -0.25) is 4.79 Å². The van der Waals surface area contributed by atoms with Gasteiger partial charge in [-0.1, -0.05) is 26.2 Å². The highest BCUT2D eigenvalue weighted by molar-refractivity contribution is 5.94. The highest BCUT2D eigenvalue weighted by atomic mass is 19.1. The van der Waals surface area contributed by atoms with E-state index in [2.05, 4.69) is 17.6 Å². The van der Waals surface area contributed by atoms with Crippen molar-refractivity contribution in [3.63, 3.8) is 0 Å². The van der Waals surface area contributed by atoms with Gasteiger partial charge in [0.1, 0.15) is 17.3 Å². The lowest BCUT2D eigenvalue weighted by atomic mass is 9.84. The highest BCUT2D eigenvalue weighted by Crippen LogP contribution is 2.27. The number of carbonyl (C=O) groups is 1. The van der Waals surface area contributed by atoms with E-state index >= 15 is 0 Å². The average molecular weight is 296 g/mol. The van der Waals surface area contributed by atoms with Crippen LogP contribution in [0.15, 0.2) is 12.1 Å². The van der Waals surface area contributed by atoms with Crippen LogP contribution in [-0.4, -0.2) is 19.0 Å². The van der Waals surface area contributed by atoms with Gasteiger partial charge >= 0.3 is 0 Å². The summed E-state index contributed by atoms with van der Waals surface area (Å²) >= 11 is 0. The Labute approximate surface area is 124 Å². The van der Waals surface area contributed by atoms with Crippen LogP contribution in [-0.2, 0) is 0 Å². The zero-order valence-corrected chi connectivity index (χ0v) is 12.5. The number of hydrogen-bond acceptors (Lipinski definition) is 2. The first-order chi connectivity index (χ1) is 10.0. The van der Waals surface area contributed by atoms with Gasteiger partial charge in [-0.25, -0.2) is 8.78 Å². The molecule has 0 heterocycles. The van der Waals surface area contributed by atoms with E-state index in [1.165, 1.54) is 13.5 Å². The van der Waals surface area contributed by atoms with Crippen molar-refractivity contribution in [2.75, 3.05) is 12.4 Å². The summed E-state index contributed by atoms with van der Waals surface area (Å²) in [6.45, 7) is 2.15. The summed E-state index contributed by atoms with van der Waals surface area (Å²) in [5.74, 6) is -1.28. The van der Waals surface area contributed by atoms with Crippen LogP contribution in [0.1, 0.15) is 49.4 Å². The van der Waals surface area contributed by atoms with Crippen molar-refractivity contribution in [1.82, 2.24) is 5.32 Å². The minimum atomic E-state index is -0.752. The fraction of sp³-hybridized carbons (Fsp3) is 0.562. The number of halogens is 2. The maximum Gasteiger partial charge on any atom is 0.251 e. The molecular weight excluding hydrogens is 274 g/mol. The van der Waals surface area contributed by atoms with Crippen LogP contribution in [0.4, 0.5) is 14.5 Å². The minimum Gasteiger partial charge on any atom is -0.383 e. The highest BCUT2D eigenvalue weighted by Gasteiger charge is 2.23. The van der Waals surface area contributed by atoms with Crippen LogP contribution in [0.3, 0.4) is 0 Å². The summed E-state index contributed by atoms with van der Waals surface area (Å²) < 4.78 is 27.4. The SMILES string of the molecule is CCC1CCCC(NC(=O)c2cc(F)c(NC)c(F)c2)C1. The van der Waals surface area contributed by atoms with E-state index < -0.39 is 17.5 Å². The van der Waals surface area contributed by atoms with Crippen LogP contribution in [0.2, 0.25) is 0 Å². The largest absolute Gasteiger partial charge is 0.383 e. The number of anilines is 1. The summed E-state index contributed by atoms with van der Waals surface area (Å²) in [7, 11) is 1.44. The van der Waals surface area contributed by atoms with E-state index in [-0.39, 0.29) is 17.3 Å². The predicted molar refractivity (Wildman–Crippen MR) is 79.4 cm³/mol. The van der Waals surface area contributed by atoms with Crippen molar-refractivity contribution in [2.45, 2.75) is 45.1 Å². The molecule has 0 aliphatic heterocycles. The van der Waals surface area contributed by atoms with Crippen LogP contribution < -0.4 is 10.6 Å². The topological polar surface area (TPSA) is 41.1 Å². The van der Waals surface area contributed by atoms with E-state index in [1.807, 2.05) is 0 Å². The standard InChI is InChI=1S/C16H22F2N2O/c1-3-10-5-4-6-12(7-10)20-16(21)11-8-13(17)15(19-2)14(18)9-11/h8-10,12,19H,3-7H2,1-2H3,(H,20,21). The Kier molecular flexibility index (Phi) is 5.15. The molecule has 1 aliphatic carbocycles. The molecule has 0 radical (unpaired) electrons. The molecule has 1 aromatic carbocycles. The molecule has 0 bridgehead atoms. The Morgan fingerprint density at radius 2 is 1.95 bits per heavy atom. The lowest BCUT2D eigenvalue weighted by Crippen LogP contribution is -2.38. The second-order valence-electron chi connectivity index (χ2n) is 5.68. The molecule has 1 aliphatic rings. The molecular formula is C16H22F2N2O. The van der Waals surface area contributed by atoms with Gasteiger partial charge in [-0.05, 0) is 30.9 Å². The summed E-state index contributed by atoms with van der Waals surface area (Å²) in [4.78, 5) is 12.1. The van der Waals surface area contributed by atoms with Crippen molar-refractivity contribution in [3.8, 4) is 0 Å². The molecule has 1 fully saturated rings. The average Bonchev–Trinajstić information content (AvgIpc) is 2.47. The maximum atomic E-state index is 13.7. The van der Waals surface area contributed by atoms with Crippen LogP contribution in [0.5, 0.6) is 0 Å². The molecule has 2 unspecified atom stereocenters. The Hall–Kier alpha value is -1.65. The van der Waals surface area contributed by atoms with E-state index in [9.17, 15) is 13.6 Å². The van der Waals surface area contributed by atoms with E-state index in [0.717, 1.165) is 37.8 Å². The Balaban J connectivity index is 2.06. The molecule has 0 spiro atoms. The number of nitrogens with one attached hydrogen (secondary N) is 2.